The van der Waals surface area contributed by atoms with E-state index >= 15 is 0 Å². The zero-order chi connectivity index (χ0) is 8.60. The minimum Gasteiger partial charge on any atom is -0.373 e. The van der Waals surface area contributed by atoms with Crippen LogP contribution in [0.4, 0.5) is 8.78 Å². The molecule has 0 N–H and O–H groups in total. The highest BCUT2D eigenvalue weighted by Crippen LogP contribution is 2.27. The van der Waals surface area contributed by atoms with Crippen LogP contribution in [0.1, 0.15) is 12.8 Å². The van der Waals surface area contributed by atoms with E-state index in [1.54, 1.807) is 0 Å². The molecule has 2 fully saturated rings. The third-order valence-electron chi connectivity index (χ3n) is 2.42. The van der Waals surface area contributed by atoms with Gasteiger partial charge in [0.2, 0.25) is 0 Å². The summed E-state index contributed by atoms with van der Waals surface area (Å²) >= 11 is 0. The number of halogens is 2. The molecule has 1 unspecified atom stereocenters. The Hall–Kier alpha value is -0.220. The van der Waals surface area contributed by atoms with E-state index in [1.807, 2.05) is 4.90 Å². The molecule has 70 valence electrons. The third-order valence-corrected chi connectivity index (χ3v) is 2.42. The molecule has 0 aromatic heterocycles. The van der Waals surface area contributed by atoms with Crippen LogP contribution in [0, 0.1) is 0 Å². The van der Waals surface area contributed by atoms with Gasteiger partial charge in [0.05, 0.1) is 19.3 Å². The molecule has 1 atom stereocenters. The van der Waals surface area contributed by atoms with E-state index in [4.69, 9.17) is 4.74 Å². The van der Waals surface area contributed by atoms with Gasteiger partial charge in [-0.15, -0.1) is 0 Å². The summed E-state index contributed by atoms with van der Waals surface area (Å²) in [5.41, 5.74) is 0. The Morgan fingerprint density at radius 1 is 1.50 bits per heavy atom. The van der Waals surface area contributed by atoms with Crippen LogP contribution in [0.25, 0.3) is 0 Å². The number of epoxide rings is 1. The monoisotopic (exact) mass is 177 g/mol. The van der Waals surface area contributed by atoms with E-state index in [9.17, 15) is 8.78 Å². The Kier molecular flexibility index (Phi) is 2.04. The van der Waals surface area contributed by atoms with Gasteiger partial charge in [-0.25, -0.2) is 8.78 Å². The van der Waals surface area contributed by atoms with Crippen LogP contribution in [0.2, 0.25) is 0 Å². The van der Waals surface area contributed by atoms with Crippen molar-refractivity contribution in [3.8, 4) is 0 Å². The van der Waals surface area contributed by atoms with E-state index < -0.39 is 5.92 Å². The summed E-state index contributed by atoms with van der Waals surface area (Å²) in [5, 5.41) is 0. The van der Waals surface area contributed by atoms with Crippen molar-refractivity contribution in [2.75, 3.05) is 26.2 Å². The highest BCUT2D eigenvalue weighted by atomic mass is 19.3. The first-order chi connectivity index (χ1) is 5.66. The Morgan fingerprint density at radius 3 is 2.75 bits per heavy atom. The van der Waals surface area contributed by atoms with Crippen molar-refractivity contribution in [1.82, 2.24) is 4.90 Å². The summed E-state index contributed by atoms with van der Waals surface area (Å²) < 4.78 is 30.3. The number of likely N-dealkylation sites (tertiary alicyclic amines) is 1. The van der Waals surface area contributed by atoms with Crippen molar-refractivity contribution < 1.29 is 13.5 Å². The second-order valence-corrected chi connectivity index (χ2v) is 3.63. The molecule has 12 heavy (non-hydrogen) atoms. The Balaban J connectivity index is 1.68. The molecule has 0 aliphatic carbocycles. The Morgan fingerprint density at radius 2 is 2.25 bits per heavy atom. The van der Waals surface area contributed by atoms with Crippen LogP contribution >= 0.6 is 0 Å². The lowest BCUT2D eigenvalue weighted by molar-refractivity contribution is 0.0120. The molecule has 0 aromatic carbocycles. The summed E-state index contributed by atoms with van der Waals surface area (Å²) in [6.45, 7) is 2.07. The van der Waals surface area contributed by atoms with Gasteiger partial charge >= 0.3 is 0 Å². The molecule has 2 nitrogen and oxygen atoms in total. The summed E-state index contributed by atoms with van der Waals surface area (Å²) in [7, 11) is 0. The van der Waals surface area contributed by atoms with Gasteiger partial charge in [0.25, 0.3) is 5.92 Å². The normalized spacial score (nSPS) is 34.0. The van der Waals surface area contributed by atoms with Crippen LogP contribution in [-0.2, 0) is 4.74 Å². The number of alkyl halides is 2. The molecular weight excluding hydrogens is 164 g/mol. The average Bonchev–Trinajstić information content (AvgIpc) is 2.74. The van der Waals surface area contributed by atoms with Crippen LogP contribution in [0.5, 0.6) is 0 Å². The molecule has 0 bridgehead atoms. The van der Waals surface area contributed by atoms with Gasteiger partial charge in [-0.05, 0) is 6.42 Å². The predicted octanol–water partition coefficient (Wildman–Crippen LogP) is 1.12. The Bertz CT molecular complexity index is 170. The molecule has 0 amide bonds. The van der Waals surface area contributed by atoms with Crippen molar-refractivity contribution in [3.05, 3.63) is 0 Å². The molecule has 2 aliphatic rings. The maximum atomic E-state index is 12.7. The molecule has 2 heterocycles. The van der Waals surface area contributed by atoms with Crippen LogP contribution in [0.3, 0.4) is 0 Å². The Labute approximate surface area is 70.5 Å². The van der Waals surface area contributed by atoms with E-state index in [2.05, 4.69) is 0 Å². The van der Waals surface area contributed by atoms with Gasteiger partial charge in [-0.1, -0.05) is 0 Å². The van der Waals surface area contributed by atoms with E-state index in [0.717, 1.165) is 19.6 Å². The first-order valence-electron chi connectivity index (χ1n) is 4.37. The molecule has 2 rings (SSSR count). The fourth-order valence-electron chi connectivity index (χ4n) is 1.56. The molecule has 0 radical (unpaired) electrons. The first kappa shape index (κ1) is 8.38. The molecule has 0 aromatic rings. The van der Waals surface area contributed by atoms with Gasteiger partial charge in [0, 0.05) is 19.5 Å². The minimum atomic E-state index is -2.44. The van der Waals surface area contributed by atoms with Crippen molar-refractivity contribution in [1.29, 1.82) is 0 Å². The van der Waals surface area contributed by atoms with E-state index in [-0.39, 0.29) is 13.0 Å². The van der Waals surface area contributed by atoms with Gasteiger partial charge in [-0.2, -0.15) is 0 Å². The van der Waals surface area contributed by atoms with Crippen molar-refractivity contribution in [3.63, 3.8) is 0 Å². The second-order valence-electron chi connectivity index (χ2n) is 3.63. The molecule has 4 heteroatoms. The predicted molar refractivity (Wildman–Crippen MR) is 40.4 cm³/mol. The summed E-state index contributed by atoms with van der Waals surface area (Å²) in [5.74, 6) is -2.44. The second kappa shape index (κ2) is 2.92. The smallest absolute Gasteiger partial charge is 0.261 e. The van der Waals surface area contributed by atoms with Crippen molar-refractivity contribution in [2.24, 2.45) is 0 Å². The van der Waals surface area contributed by atoms with Crippen LogP contribution in [0.15, 0.2) is 0 Å². The lowest BCUT2D eigenvalue weighted by Gasteiger charge is -2.13. The lowest BCUT2D eigenvalue weighted by Crippen LogP contribution is -2.26. The number of hydrogen-bond donors (Lipinski definition) is 0. The van der Waals surface area contributed by atoms with Gasteiger partial charge in [0.1, 0.15) is 0 Å². The quantitative estimate of drug-likeness (QED) is 0.600. The number of ether oxygens (including phenoxy) is 1. The molecule has 0 spiro atoms. The van der Waals surface area contributed by atoms with E-state index in [0.29, 0.717) is 12.6 Å². The highest BCUT2D eigenvalue weighted by Gasteiger charge is 2.38. The standard InChI is InChI=1S/C8H13F2NO/c9-8(10)2-4-11(6-8)3-1-7-5-12-7/h7H,1-6H2. The summed E-state index contributed by atoms with van der Waals surface area (Å²) in [6, 6.07) is 0. The van der Waals surface area contributed by atoms with Crippen LogP contribution in [-0.4, -0.2) is 43.2 Å². The number of nitrogens with zero attached hydrogens (tertiary/aromatic N) is 1. The number of hydrogen-bond acceptors (Lipinski definition) is 2. The van der Waals surface area contributed by atoms with Gasteiger partial charge in [0.15, 0.2) is 0 Å². The average molecular weight is 177 g/mol. The molecule has 0 saturated carbocycles. The van der Waals surface area contributed by atoms with Crippen molar-refractivity contribution in [2.45, 2.75) is 24.9 Å². The maximum absolute atomic E-state index is 12.7. The fraction of sp³-hybridized carbons (Fsp3) is 1.00. The number of rotatable bonds is 3. The summed E-state index contributed by atoms with van der Waals surface area (Å²) in [6.07, 6.45) is 1.30. The highest BCUT2D eigenvalue weighted by molar-refractivity contribution is 4.82. The maximum Gasteiger partial charge on any atom is 0.261 e. The van der Waals surface area contributed by atoms with Crippen molar-refractivity contribution >= 4 is 0 Å². The largest absolute Gasteiger partial charge is 0.373 e. The molecule has 2 saturated heterocycles. The topological polar surface area (TPSA) is 15.8 Å². The molecule has 2 aliphatic heterocycles. The SMILES string of the molecule is FC1(F)CCN(CCC2CO2)C1. The molecular formula is C8H13F2NO. The lowest BCUT2D eigenvalue weighted by atomic mass is 10.3. The zero-order valence-electron chi connectivity index (χ0n) is 6.93. The first-order valence-corrected chi connectivity index (χ1v) is 4.37. The van der Waals surface area contributed by atoms with Gasteiger partial charge in [-0.3, -0.25) is 4.90 Å². The van der Waals surface area contributed by atoms with Gasteiger partial charge < -0.3 is 4.74 Å². The zero-order valence-corrected chi connectivity index (χ0v) is 6.93. The van der Waals surface area contributed by atoms with E-state index in [1.165, 1.54) is 0 Å². The fourth-order valence-corrected chi connectivity index (χ4v) is 1.56. The third kappa shape index (κ3) is 2.14. The van der Waals surface area contributed by atoms with Crippen LogP contribution < -0.4 is 0 Å². The summed E-state index contributed by atoms with van der Waals surface area (Å²) in [4.78, 5) is 1.82. The minimum absolute atomic E-state index is 0.0263.